The molecule has 1 aromatic carbocycles. The van der Waals surface area contributed by atoms with Crippen molar-refractivity contribution < 1.29 is 22.5 Å². The summed E-state index contributed by atoms with van der Waals surface area (Å²) in [6.45, 7) is 0. The number of benzene rings is 1. The third-order valence-electron chi connectivity index (χ3n) is 3.38. The summed E-state index contributed by atoms with van der Waals surface area (Å²) < 4.78 is 43.4. The third-order valence-corrected chi connectivity index (χ3v) is 3.67. The molecule has 0 unspecified atom stereocenters. The topological polar surface area (TPSA) is 60.5 Å². The highest BCUT2D eigenvalue weighted by atomic mass is 35.5. The lowest BCUT2D eigenvalue weighted by molar-refractivity contribution is -0.137. The van der Waals surface area contributed by atoms with Crippen LogP contribution in [0.4, 0.5) is 13.2 Å². The fourth-order valence-corrected chi connectivity index (χ4v) is 2.47. The van der Waals surface area contributed by atoms with Gasteiger partial charge in [0.15, 0.2) is 11.5 Å². The number of rotatable bonds is 4. The minimum absolute atomic E-state index is 0.0690. The van der Waals surface area contributed by atoms with E-state index >= 15 is 0 Å². The standard InChI is InChI=1S/C17H11ClF3N3O2/c1-25-24-15(10-5-3-2-4-6-10)14-8-13(23-26-14)16-12(18)7-11(9-22-16)17(19,20)21/h2-9H,1H3/b24-15-. The SMILES string of the molecule is CO/N=C(/c1ccccc1)c1cc(-c2ncc(C(F)(F)F)cc2Cl)no1. The van der Waals surface area contributed by atoms with Crippen LogP contribution in [0.3, 0.4) is 0 Å². The number of hydrogen-bond acceptors (Lipinski definition) is 5. The lowest BCUT2D eigenvalue weighted by atomic mass is 10.1. The Kier molecular flexibility index (Phi) is 4.94. The van der Waals surface area contributed by atoms with Crippen molar-refractivity contribution >= 4 is 17.3 Å². The molecule has 134 valence electrons. The van der Waals surface area contributed by atoms with Gasteiger partial charge >= 0.3 is 6.18 Å². The fourth-order valence-electron chi connectivity index (χ4n) is 2.21. The van der Waals surface area contributed by atoms with Crippen LogP contribution < -0.4 is 0 Å². The van der Waals surface area contributed by atoms with Gasteiger partial charge in [-0.25, -0.2) is 0 Å². The second kappa shape index (κ2) is 7.17. The zero-order valence-electron chi connectivity index (χ0n) is 13.3. The van der Waals surface area contributed by atoms with E-state index in [2.05, 4.69) is 15.3 Å². The van der Waals surface area contributed by atoms with Crippen molar-refractivity contribution in [3.8, 4) is 11.4 Å². The summed E-state index contributed by atoms with van der Waals surface area (Å²) in [6.07, 6.45) is -3.84. The quantitative estimate of drug-likeness (QED) is 0.480. The molecule has 0 saturated heterocycles. The van der Waals surface area contributed by atoms with Crippen LogP contribution in [0.2, 0.25) is 5.02 Å². The lowest BCUT2D eigenvalue weighted by Gasteiger charge is -2.07. The largest absolute Gasteiger partial charge is 0.417 e. The van der Waals surface area contributed by atoms with E-state index in [4.69, 9.17) is 21.0 Å². The second-order valence-corrected chi connectivity index (χ2v) is 5.52. The van der Waals surface area contributed by atoms with Crippen molar-refractivity contribution in [3.63, 3.8) is 0 Å². The van der Waals surface area contributed by atoms with Crippen LogP contribution in [0.1, 0.15) is 16.9 Å². The van der Waals surface area contributed by atoms with Crippen molar-refractivity contribution in [2.75, 3.05) is 7.11 Å². The van der Waals surface area contributed by atoms with E-state index in [9.17, 15) is 13.2 Å². The minimum Gasteiger partial charge on any atom is -0.399 e. The molecule has 0 aliphatic rings. The van der Waals surface area contributed by atoms with Crippen LogP contribution in [0, 0.1) is 0 Å². The van der Waals surface area contributed by atoms with Gasteiger partial charge in [-0.05, 0) is 6.07 Å². The monoisotopic (exact) mass is 381 g/mol. The average Bonchev–Trinajstić information content (AvgIpc) is 3.09. The fraction of sp³-hybridized carbons (Fsp3) is 0.118. The zero-order chi connectivity index (χ0) is 18.7. The van der Waals surface area contributed by atoms with E-state index in [0.717, 1.165) is 6.07 Å². The molecule has 5 nitrogen and oxygen atoms in total. The number of hydrogen-bond donors (Lipinski definition) is 0. The maximum Gasteiger partial charge on any atom is 0.417 e. The summed E-state index contributed by atoms with van der Waals surface area (Å²) in [4.78, 5) is 8.60. The molecular formula is C17H11ClF3N3O2. The molecule has 3 aromatic rings. The van der Waals surface area contributed by atoms with Gasteiger partial charge in [-0.15, -0.1) is 0 Å². The molecule has 0 radical (unpaired) electrons. The average molecular weight is 382 g/mol. The normalized spacial score (nSPS) is 12.3. The Hall–Kier alpha value is -2.87. The molecule has 2 aromatic heterocycles. The van der Waals surface area contributed by atoms with Gasteiger partial charge in [-0.2, -0.15) is 13.2 Å². The molecule has 0 aliphatic carbocycles. The third kappa shape index (κ3) is 3.70. The minimum atomic E-state index is -4.53. The Bertz CT molecular complexity index is 940. The first-order valence-corrected chi connectivity index (χ1v) is 7.64. The Labute approximate surface area is 151 Å². The van der Waals surface area contributed by atoms with E-state index < -0.39 is 11.7 Å². The molecule has 0 N–H and O–H groups in total. The first-order valence-electron chi connectivity index (χ1n) is 7.27. The first kappa shape index (κ1) is 17.9. The highest BCUT2D eigenvalue weighted by Crippen LogP contribution is 2.34. The summed E-state index contributed by atoms with van der Waals surface area (Å²) in [6, 6.07) is 11.3. The number of pyridine rings is 1. The van der Waals surface area contributed by atoms with E-state index in [1.807, 2.05) is 18.2 Å². The highest BCUT2D eigenvalue weighted by molar-refractivity contribution is 6.33. The van der Waals surface area contributed by atoms with Crippen molar-refractivity contribution in [2.45, 2.75) is 6.18 Å². The molecule has 0 fully saturated rings. The maximum absolute atomic E-state index is 12.7. The molecule has 0 saturated carbocycles. The molecule has 0 atom stereocenters. The van der Waals surface area contributed by atoms with E-state index in [-0.39, 0.29) is 22.2 Å². The molecular weight excluding hydrogens is 371 g/mol. The van der Waals surface area contributed by atoms with E-state index in [1.54, 1.807) is 12.1 Å². The Morgan fingerprint density at radius 2 is 1.92 bits per heavy atom. The summed E-state index contributed by atoms with van der Waals surface area (Å²) in [5.41, 5.74) is 0.386. The van der Waals surface area contributed by atoms with E-state index in [1.165, 1.54) is 13.2 Å². The van der Waals surface area contributed by atoms with Gasteiger partial charge < -0.3 is 9.36 Å². The highest BCUT2D eigenvalue weighted by Gasteiger charge is 2.32. The Morgan fingerprint density at radius 3 is 2.54 bits per heavy atom. The van der Waals surface area contributed by atoms with Gasteiger partial charge in [-0.3, -0.25) is 4.98 Å². The van der Waals surface area contributed by atoms with Crippen LogP contribution in [0.5, 0.6) is 0 Å². The summed E-state index contributed by atoms with van der Waals surface area (Å²) in [5, 5.41) is 7.56. The predicted octanol–water partition coefficient (Wildman–Crippen LogP) is 4.81. The first-order chi connectivity index (χ1) is 12.4. The maximum atomic E-state index is 12.7. The second-order valence-electron chi connectivity index (χ2n) is 5.12. The molecule has 0 amide bonds. The zero-order valence-corrected chi connectivity index (χ0v) is 14.0. The van der Waals surface area contributed by atoms with E-state index in [0.29, 0.717) is 17.5 Å². The number of alkyl halides is 3. The van der Waals surface area contributed by atoms with Gasteiger partial charge in [0, 0.05) is 17.8 Å². The summed E-state index contributed by atoms with van der Waals surface area (Å²) >= 11 is 5.94. The Balaban J connectivity index is 1.98. The van der Waals surface area contributed by atoms with Crippen LogP contribution in [0.15, 0.2) is 58.3 Å². The van der Waals surface area contributed by atoms with Crippen molar-refractivity contribution in [3.05, 3.63) is 70.6 Å². The van der Waals surface area contributed by atoms with Crippen molar-refractivity contribution in [2.24, 2.45) is 5.16 Å². The number of halogens is 4. The van der Waals surface area contributed by atoms with Crippen LogP contribution >= 0.6 is 11.6 Å². The lowest BCUT2D eigenvalue weighted by Crippen LogP contribution is -2.05. The van der Waals surface area contributed by atoms with Crippen molar-refractivity contribution in [1.82, 2.24) is 10.1 Å². The van der Waals surface area contributed by atoms with Gasteiger partial charge in [-0.1, -0.05) is 52.2 Å². The molecule has 0 spiro atoms. The summed E-state index contributed by atoms with van der Waals surface area (Å²) in [5.74, 6) is 0.255. The Morgan fingerprint density at radius 1 is 1.19 bits per heavy atom. The number of aromatic nitrogens is 2. The van der Waals surface area contributed by atoms with Crippen molar-refractivity contribution in [1.29, 1.82) is 0 Å². The molecule has 0 bridgehead atoms. The predicted molar refractivity (Wildman–Crippen MR) is 88.8 cm³/mol. The van der Waals surface area contributed by atoms with Gasteiger partial charge in [0.2, 0.25) is 0 Å². The van der Waals surface area contributed by atoms with Gasteiger partial charge in [0.25, 0.3) is 0 Å². The molecule has 2 heterocycles. The molecule has 9 heteroatoms. The van der Waals surface area contributed by atoms with Crippen LogP contribution in [-0.4, -0.2) is 23.0 Å². The van der Waals surface area contributed by atoms with Crippen LogP contribution in [-0.2, 0) is 11.0 Å². The molecule has 0 aliphatic heterocycles. The summed E-state index contributed by atoms with van der Waals surface area (Å²) in [7, 11) is 1.38. The molecule has 3 rings (SSSR count). The number of nitrogens with zero attached hydrogens (tertiary/aromatic N) is 3. The number of oxime groups is 1. The molecule has 26 heavy (non-hydrogen) atoms. The van der Waals surface area contributed by atoms with Gasteiger partial charge in [0.05, 0.1) is 10.6 Å². The van der Waals surface area contributed by atoms with Crippen LogP contribution in [0.25, 0.3) is 11.4 Å². The van der Waals surface area contributed by atoms with Gasteiger partial charge in [0.1, 0.15) is 18.5 Å². The smallest absolute Gasteiger partial charge is 0.399 e.